The number of amides is 4. The van der Waals surface area contributed by atoms with Crippen LogP contribution in [0.25, 0.3) is 0 Å². The molecular weight excluding hydrogens is 324 g/mol. The first kappa shape index (κ1) is 19.7. The van der Waals surface area contributed by atoms with Crippen LogP contribution in [-0.2, 0) is 14.3 Å². The number of carbonyl (C=O) groups is 3. The van der Waals surface area contributed by atoms with Gasteiger partial charge in [0.15, 0.2) is 0 Å². The molecule has 3 unspecified atom stereocenters. The number of nitrogens with two attached hydrogens (primary N) is 1. The van der Waals surface area contributed by atoms with Crippen LogP contribution >= 0.6 is 0 Å². The molecule has 2 aliphatic rings. The summed E-state index contributed by atoms with van der Waals surface area (Å²) in [5, 5.41) is 2.36. The van der Waals surface area contributed by atoms with E-state index in [-0.39, 0.29) is 23.7 Å². The molecule has 0 aromatic heterocycles. The molecule has 2 aliphatic heterocycles. The summed E-state index contributed by atoms with van der Waals surface area (Å²) in [4.78, 5) is 40.7. The maximum atomic E-state index is 13.0. The Morgan fingerprint density at radius 2 is 2.00 bits per heavy atom. The highest BCUT2D eigenvalue weighted by atomic mass is 16.5. The third-order valence-electron chi connectivity index (χ3n) is 4.46. The maximum absolute atomic E-state index is 13.0. The summed E-state index contributed by atoms with van der Waals surface area (Å²) in [5.41, 5.74) is 6.28. The average Bonchev–Trinajstić information content (AvgIpc) is 3.03. The van der Waals surface area contributed by atoms with Crippen LogP contribution in [0.4, 0.5) is 4.79 Å². The Balaban J connectivity index is 2.27. The Kier molecular flexibility index (Phi) is 6.40. The molecule has 142 valence electrons. The molecule has 0 aromatic rings. The van der Waals surface area contributed by atoms with Crippen molar-refractivity contribution in [2.45, 2.75) is 46.3 Å². The highest BCUT2D eigenvalue weighted by Gasteiger charge is 2.45. The molecule has 25 heavy (non-hydrogen) atoms. The molecule has 0 radical (unpaired) electrons. The van der Waals surface area contributed by atoms with Crippen LogP contribution in [0.15, 0.2) is 0 Å². The van der Waals surface area contributed by atoms with Gasteiger partial charge in [0.25, 0.3) is 5.91 Å². The zero-order valence-corrected chi connectivity index (χ0v) is 15.5. The quantitative estimate of drug-likeness (QED) is 0.717. The predicted octanol–water partition coefficient (Wildman–Crippen LogP) is 0.369. The van der Waals surface area contributed by atoms with E-state index in [2.05, 4.69) is 5.32 Å². The van der Waals surface area contributed by atoms with Gasteiger partial charge in [-0.15, -0.1) is 0 Å². The van der Waals surface area contributed by atoms with Crippen molar-refractivity contribution >= 4 is 17.8 Å². The van der Waals surface area contributed by atoms with Crippen LogP contribution < -0.4 is 11.1 Å². The minimum absolute atomic E-state index is 0.124. The van der Waals surface area contributed by atoms with Crippen molar-refractivity contribution in [3.8, 4) is 0 Å². The molecular formula is C17H30N4O4. The normalized spacial score (nSPS) is 27.2. The van der Waals surface area contributed by atoms with Crippen molar-refractivity contribution in [3.63, 3.8) is 0 Å². The van der Waals surface area contributed by atoms with Crippen molar-refractivity contribution in [1.29, 1.82) is 0 Å². The van der Waals surface area contributed by atoms with Gasteiger partial charge in [-0.25, -0.2) is 4.79 Å². The van der Waals surface area contributed by atoms with Crippen LogP contribution in [0.1, 0.15) is 34.1 Å². The van der Waals surface area contributed by atoms with E-state index in [9.17, 15) is 14.4 Å². The summed E-state index contributed by atoms with van der Waals surface area (Å²) in [5.74, 6) is -0.522. The van der Waals surface area contributed by atoms with Crippen LogP contribution in [0.2, 0.25) is 0 Å². The van der Waals surface area contributed by atoms with Gasteiger partial charge in [-0.2, -0.15) is 0 Å². The summed E-state index contributed by atoms with van der Waals surface area (Å²) in [6, 6.07) is -1.38. The molecule has 0 spiro atoms. The standard InChI is InChI=1S/C17H30N4O4/c1-10(2)7-20(16(23)12-5-6-25-9-12)13-14(18)21(8-11(3)4)17(24)19-15(13)22/h10-14H,5-9,18H2,1-4H3,(H,19,22,24). The highest BCUT2D eigenvalue weighted by Crippen LogP contribution is 2.22. The van der Waals surface area contributed by atoms with Gasteiger partial charge in [0, 0.05) is 19.7 Å². The zero-order chi connectivity index (χ0) is 18.7. The van der Waals surface area contributed by atoms with Crippen LogP contribution in [0.5, 0.6) is 0 Å². The molecule has 3 atom stereocenters. The van der Waals surface area contributed by atoms with E-state index < -0.39 is 24.1 Å². The summed E-state index contributed by atoms with van der Waals surface area (Å²) >= 11 is 0. The third kappa shape index (κ3) is 4.49. The van der Waals surface area contributed by atoms with Gasteiger partial charge in [-0.3, -0.25) is 14.9 Å². The van der Waals surface area contributed by atoms with Crippen molar-refractivity contribution in [2.24, 2.45) is 23.5 Å². The van der Waals surface area contributed by atoms with Crippen molar-refractivity contribution in [2.75, 3.05) is 26.3 Å². The second-order valence-electron chi connectivity index (χ2n) is 7.72. The number of carbonyl (C=O) groups excluding carboxylic acids is 3. The third-order valence-corrected chi connectivity index (χ3v) is 4.46. The lowest BCUT2D eigenvalue weighted by Crippen LogP contribution is -2.72. The molecule has 2 rings (SSSR count). The lowest BCUT2D eigenvalue weighted by atomic mass is 10.0. The first-order chi connectivity index (χ1) is 11.7. The Hall–Kier alpha value is -1.67. The lowest BCUT2D eigenvalue weighted by Gasteiger charge is -2.44. The number of nitrogens with one attached hydrogen (secondary N) is 1. The first-order valence-electron chi connectivity index (χ1n) is 8.97. The number of rotatable bonds is 6. The summed E-state index contributed by atoms with van der Waals surface area (Å²) in [6.07, 6.45) is -0.209. The predicted molar refractivity (Wildman–Crippen MR) is 92.3 cm³/mol. The van der Waals surface area contributed by atoms with E-state index in [4.69, 9.17) is 10.5 Å². The number of hydrogen-bond donors (Lipinski definition) is 2. The fraction of sp³-hybridized carbons (Fsp3) is 0.824. The smallest absolute Gasteiger partial charge is 0.325 e. The SMILES string of the molecule is CC(C)CN1C(=O)NC(=O)C(N(CC(C)C)C(=O)C2CCOC2)C1N. The van der Waals surface area contributed by atoms with Gasteiger partial charge in [0.05, 0.1) is 12.5 Å². The van der Waals surface area contributed by atoms with Crippen LogP contribution in [0, 0.1) is 17.8 Å². The van der Waals surface area contributed by atoms with E-state index >= 15 is 0 Å². The fourth-order valence-corrected chi connectivity index (χ4v) is 3.33. The minimum Gasteiger partial charge on any atom is -0.381 e. The van der Waals surface area contributed by atoms with Crippen LogP contribution in [-0.4, -0.2) is 66.2 Å². The maximum Gasteiger partial charge on any atom is 0.325 e. The lowest BCUT2D eigenvalue weighted by molar-refractivity contribution is -0.147. The number of urea groups is 1. The Bertz CT molecular complexity index is 517. The topological polar surface area (TPSA) is 105 Å². The van der Waals surface area contributed by atoms with Gasteiger partial charge in [0.2, 0.25) is 5.91 Å². The van der Waals surface area contributed by atoms with Gasteiger partial charge in [0.1, 0.15) is 12.2 Å². The van der Waals surface area contributed by atoms with Gasteiger partial charge in [-0.1, -0.05) is 27.7 Å². The second-order valence-corrected chi connectivity index (χ2v) is 7.72. The number of imide groups is 1. The van der Waals surface area contributed by atoms with Gasteiger partial charge >= 0.3 is 6.03 Å². The Morgan fingerprint density at radius 1 is 1.32 bits per heavy atom. The fourth-order valence-electron chi connectivity index (χ4n) is 3.33. The van der Waals surface area contributed by atoms with Crippen LogP contribution in [0.3, 0.4) is 0 Å². The molecule has 0 aliphatic carbocycles. The average molecular weight is 354 g/mol. The highest BCUT2D eigenvalue weighted by molar-refractivity contribution is 6.02. The molecule has 0 aromatic carbocycles. The molecule has 8 nitrogen and oxygen atoms in total. The second kappa shape index (κ2) is 8.14. The molecule has 8 heteroatoms. The molecule has 2 saturated heterocycles. The molecule has 0 bridgehead atoms. The van der Waals surface area contributed by atoms with E-state index in [0.717, 1.165) is 0 Å². The van der Waals surface area contributed by atoms with E-state index in [1.165, 1.54) is 4.90 Å². The summed E-state index contributed by atoms with van der Waals surface area (Å²) in [6.45, 7) is 9.65. The molecule has 0 saturated carbocycles. The zero-order valence-electron chi connectivity index (χ0n) is 15.5. The van der Waals surface area contributed by atoms with Crippen molar-refractivity contribution < 1.29 is 19.1 Å². The Morgan fingerprint density at radius 3 is 2.52 bits per heavy atom. The molecule has 2 heterocycles. The molecule has 4 amide bonds. The summed E-state index contributed by atoms with van der Waals surface area (Å²) < 4.78 is 5.32. The van der Waals surface area contributed by atoms with Gasteiger partial charge < -0.3 is 20.3 Å². The number of ether oxygens (including phenoxy) is 1. The van der Waals surface area contributed by atoms with E-state index in [1.807, 2.05) is 27.7 Å². The molecule has 2 fully saturated rings. The number of hydrogen-bond acceptors (Lipinski definition) is 5. The van der Waals surface area contributed by atoms with E-state index in [1.54, 1.807) is 4.90 Å². The van der Waals surface area contributed by atoms with Gasteiger partial charge in [-0.05, 0) is 18.3 Å². The first-order valence-corrected chi connectivity index (χ1v) is 8.97. The monoisotopic (exact) mass is 354 g/mol. The molecule has 3 N–H and O–H groups in total. The van der Waals surface area contributed by atoms with Crippen molar-refractivity contribution in [1.82, 2.24) is 15.1 Å². The largest absolute Gasteiger partial charge is 0.381 e. The summed E-state index contributed by atoms with van der Waals surface area (Å²) in [7, 11) is 0. The number of nitrogens with zero attached hydrogens (tertiary/aromatic N) is 2. The Labute approximate surface area is 149 Å². The van der Waals surface area contributed by atoms with Crippen molar-refractivity contribution in [3.05, 3.63) is 0 Å². The minimum atomic E-state index is -0.882. The van der Waals surface area contributed by atoms with E-state index in [0.29, 0.717) is 32.7 Å².